The van der Waals surface area contributed by atoms with Gasteiger partial charge in [0.05, 0.1) is 25.2 Å². The minimum absolute atomic E-state index is 0.0524. The second kappa shape index (κ2) is 21.6. The molecule has 0 radical (unpaired) electrons. The van der Waals surface area contributed by atoms with Crippen molar-refractivity contribution in [3.05, 3.63) is 157 Å². The number of methoxy groups -OCH3 is 1. The first-order valence-corrected chi connectivity index (χ1v) is 26.4. The third-order valence-electron chi connectivity index (χ3n) is 16.7. The molecule has 72 heavy (non-hydrogen) atoms. The summed E-state index contributed by atoms with van der Waals surface area (Å²) in [5, 5.41) is 21.6. The number of aliphatic hydroxyl groups is 2. The molecule has 2 fully saturated rings. The van der Waals surface area contributed by atoms with Gasteiger partial charge in [-0.1, -0.05) is 109 Å². The van der Waals surface area contributed by atoms with Crippen LogP contribution in [0.4, 0.5) is 0 Å². The molecule has 0 spiro atoms. The molecule has 0 saturated heterocycles. The van der Waals surface area contributed by atoms with Crippen molar-refractivity contribution >= 4 is 22.9 Å². The molecule has 10 heteroatoms. The van der Waals surface area contributed by atoms with Gasteiger partial charge in [-0.15, -0.1) is 0 Å². The topological polar surface area (TPSA) is 142 Å². The van der Waals surface area contributed by atoms with Gasteiger partial charge in [0.1, 0.15) is 11.3 Å². The summed E-state index contributed by atoms with van der Waals surface area (Å²) in [6.07, 6.45) is 7.55. The Balaban J connectivity index is 1.16. The van der Waals surface area contributed by atoms with Gasteiger partial charge in [-0.25, -0.2) is 9.59 Å². The highest BCUT2D eigenvalue weighted by molar-refractivity contribution is 5.90. The van der Waals surface area contributed by atoms with Crippen LogP contribution >= 0.6 is 0 Å². The number of allylic oxidation sites excluding steroid dienone is 1. The lowest BCUT2D eigenvalue weighted by molar-refractivity contribution is -0.204. The largest absolute Gasteiger partial charge is 0.481 e. The Morgan fingerprint density at radius 1 is 0.861 bits per heavy atom. The molecule has 5 bridgehead atoms. The number of benzene rings is 4. The van der Waals surface area contributed by atoms with Crippen LogP contribution in [0, 0.1) is 23.7 Å². The zero-order valence-corrected chi connectivity index (χ0v) is 42.0. The number of ether oxygens (including phenoxy) is 4. The standard InChI is InChI=1S/C62H68O10/c1-38(2)48-23-20-40-21-24-49-44(32-40)16-10-11-29-62(47-18-8-5-9-19-47)59(71-60(48)66)58(56-53(72-62)27-26-51-52(36-64)55(61(67)70-57(51)56)45(28-30-63)37-68-3)69-54(65)35-46-34-43(22-25-50(46)49)42-17-12-15-41(33-42)31-39-13-6-4-7-14-39/h4,6-7,12-15,17,21,24,26-27,32-33,43,45-47,50,58-59,63-64H,5,8-9,16,18-20,22-23,25,28-31,34-37H2,1-3H3/t43-,45+,46+,50+,58+,59-,62-/m0/s1. The van der Waals surface area contributed by atoms with E-state index in [2.05, 4.69) is 78.6 Å². The van der Waals surface area contributed by atoms with E-state index in [4.69, 9.17) is 23.4 Å². The zero-order valence-electron chi connectivity index (χ0n) is 42.0. The third-order valence-corrected chi connectivity index (χ3v) is 16.7. The molecule has 0 amide bonds. The highest BCUT2D eigenvalue weighted by Gasteiger charge is 2.59. The first kappa shape index (κ1) is 49.6. The minimum atomic E-state index is -1.28. The van der Waals surface area contributed by atoms with E-state index >= 15 is 9.59 Å². The van der Waals surface area contributed by atoms with E-state index in [-0.39, 0.29) is 72.9 Å². The summed E-state index contributed by atoms with van der Waals surface area (Å²) >= 11 is 0. The summed E-state index contributed by atoms with van der Waals surface area (Å²) in [6.45, 7) is 3.24. The molecule has 2 N–H and O–H groups in total. The van der Waals surface area contributed by atoms with Gasteiger partial charge >= 0.3 is 17.6 Å². The number of carbonyl (C=O) groups is 2. The number of rotatable bonds is 10. The average Bonchev–Trinajstić information content (AvgIpc) is 3.38. The van der Waals surface area contributed by atoms with Crippen LogP contribution in [0.2, 0.25) is 0 Å². The number of carbonyl (C=O) groups excluding carboxylic acids is 2. The monoisotopic (exact) mass is 972 g/mol. The second-order valence-corrected chi connectivity index (χ2v) is 21.3. The summed E-state index contributed by atoms with van der Waals surface area (Å²) < 4.78 is 33.2. The maximum atomic E-state index is 15.5. The number of fused-ring (bicyclic) bond motifs is 9. The lowest BCUT2D eigenvalue weighted by atomic mass is 9.67. The van der Waals surface area contributed by atoms with Crippen molar-refractivity contribution < 1.29 is 43.2 Å². The smallest absolute Gasteiger partial charge is 0.340 e. The van der Waals surface area contributed by atoms with Crippen LogP contribution in [-0.4, -0.2) is 54.2 Å². The van der Waals surface area contributed by atoms with E-state index < -0.39 is 47.9 Å². The van der Waals surface area contributed by atoms with Crippen molar-refractivity contribution in [3.8, 4) is 17.6 Å². The number of aliphatic hydroxyl groups excluding tert-OH is 2. The molecule has 4 heterocycles. The molecular weight excluding hydrogens is 905 g/mol. The van der Waals surface area contributed by atoms with Crippen LogP contribution in [0.15, 0.2) is 105 Å². The number of hydrogen-bond donors (Lipinski definition) is 2. The molecular formula is C62H68O10. The SMILES string of the molecule is COC[C@@H](CCO)c1c(CO)c2ccc3c(c2oc1=O)[C@H]1OC(=O)C[C@H]2C[C@@H](c4cccc(Cc5ccccc5)c4)CC[C@H]2c2ccc4cc2CC#CC[C@@](C2CCCCC2)(O3)[C@H]1OC(=O)C(=C(C)C)CC4. The fourth-order valence-corrected chi connectivity index (χ4v) is 13.2. The molecule has 10 nitrogen and oxygen atoms in total. The van der Waals surface area contributed by atoms with Crippen molar-refractivity contribution in [3.63, 3.8) is 0 Å². The fourth-order valence-electron chi connectivity index (χ4n) is 13.2. The first-order valence-electron chi connectivity index (χ1n) is 26.4. The quantitative estimate of drug-likeness (QED) is 0.0601. The maximum absolute atomic E-state index is 15.5. The van der Waals surface area contributed by atoms with E-state index in [1.54, 1.807) is 12.1 Å². The lowest BCUT2D eigenvalue weighted by Gasteiger charge is -2.51. The van der Waals surface area contributed by atoms with Gasteiger partial charge < -0.3 is 33.6 Å². The molecule has 2 aliphatic carbocycles. The third kappa shape index (κ3) is 9.80. The Bertz CT molecular complexity index is 2960. The van der Waals surface area contributed by atoms with Crippen LogP contribution in [0.5, 0.6) is 5.75 Å². The van der Waals surface area contributed by atoms with Gasteiger partial charge in [-0.2, -0.15) is 0 Å². The highest BCUT2D eigenvalue weighted by Crippen LogP contribution is 2.55. The highest BCUT2D eigenvalue weighted by atomic mass is 16.6. The van der Waals surface area contributed by atoms with Gasteiger partial charge in [0.15, 0.2) is 17.8 Å². The van der Waals surface area contributed by atoms with Crippen LogP contribution in [0.1, 0.15) is 165 Å². The molecule has 2 saturated carbocycles. The molecule has 4 aromatic carbocycles. The zero-order chi connectivity index (χ0) is 49.9. The number of hydrogen-bond acceptors (Lipinski definition) is 10. The summed E-state index contributed by atoms with van der Waals surface area (Å²) in [4.78, 5) is 45.0. The molecule has 10 rings (SSSR count). The van der Waals surface area contributed by atoms with Gasteiger partial charge in [0, 0.05) is 54.9 Å². The molecule has 5 aliphatic rings. The van der Waals surface area contributed by atoms with Gasteiger partial charge in [0.25, 0.3) is 0 Å². The molecule has 7 atom stereocenters. The van der Waals surface area contributed by atoms with Gasteiger partial charge in [-0.05, 0) is 140 Å². The fraction of sp³-hybridized carbons (Fsp3) is 0.468. The molecule has 1 aromatic heterocycles. The Labute approximate surface area is 423 Å². The lowest BCUT2D eigenvalue weighted by Crippen LogP contribution is -2.60. The summed E-state index contributed by atoms with van der Waals surface area (Å²) in [5.41, 5.74) is 7.55. The van der Waals surface area contributed by atoms with Crippen molar-refractivity contribution in [2.45, 2.75) is 152 Å². The van der Waals surface area contributed by atoms with Crippen molar-refractivity contribution in [1.82, 2.24) is 0 Å². The van der Waals surface area contributed by atoms with Gasteiger partial charge in [-0.3, -0.25) is 4.79 Å². The molecule has 3 aliphatic heterocycles. The van der Waals surface area contributed by atoms with E-state index in [9.17, 15) is 15.0 Å². The van der Waals surface area contributed by atoms with Crippen molar-refractivity contribution in [2.24, 2.45) is 11.8 Å². The van der Waals surface area contributed by atoms with Crippen LogP contribution < -0.4 is 10.4 Å². The molecule has 5 aromatic rings. The van der Waals surface area contributed by atoms with E-state index in [0.29, 0.717) is 41.5 Å². The Hall–Kier alpha value is -5.99. The normalized spacial score (nSPS) is 24.8. The summed E-state index contributed by atoms with van der Waals surface area (Å²) in [7, 11) is 1.52. The van der Waals surface area contributed by atoms with E-state index in [1.165, 1.54) is 29.4 Å². The maximum Gasteiger partial charge on any atom is 0.340 e. The van der Waals surface area contributed by atoms with Crippen molar-refractivity contribution in [1.29, 1.82) is 0 Å². The van der Waals surface area contributed by atoms with Crippen LogP contribution in [-0.2, 0) is 49.7 Å². The summed E-state index contributed by atoms with van der Waals surface area (Å²) in [5.74, 6) is 6.02. The summed E-state index contributed by atoms with van der Waals surface area (Å²) in [6, 6.07) is 29.7. The predicted octanol–water partition coefficient (Wildman–Crippen LogP) is 11.2. The Kier molecular flexibility index (Phi) is 14.9. The molecule has 0 unspecified atom stereocenters. The average molecular weight is 973 g/mol. The van der Waals surface area contributed by atoms with Crippen LogP contribution in [0.3, 0.4) is 0 Å². The molecule has 376 valence electrons. The number of esters is 2. The van der Waals surface area contributed by atoms with Crippen molar-refractivity contribution in [2.75, 3.05) is 20.3 Å². The number of aryl methyl sites for hydroxylation is 1. The predicted molar refractivity (Wildman–Crippen MR) is 276 cm³/mol. The Morgan fingerprint density at radius 3 is 2.46 bits per heavy atom. The first-order chi connectivity index (χ1) is 35.1. The second-order valence-electron chi connectivity index (χ2n) is 21.3. The van der Waals surface area contributed by atoms with Crippen LogP contribution in [0.25, 0.3) is 11.0 Å². The minimum Gasteiger partial charge on any atom is -0.481 e. The van der Waals surface area contributed by atoms with Gasteiger partial charge in [0.2, 0.25) is 0 Å². The van der Waals surface area contributed by atoms with E-state index in [1.807, 2.05) is 19.9 Å². The Morgan fingerprint density at radius 2 is 1.68 bits per heavy atom. The van der Waals surface area contributed by atoms with E-state index in [0.717, 1.165) is 74.5 Å².